The van der Waals surface area contributed by atoms with Crippen LogP contribution in [0.3, 0.4) is 0 Å². The number of aryl methyl sites for hydroxylation is 1. The van der Waals surface area contributed by atoms with Crippen molar-refractivity contribution >= 4 is 11.9 Å². The second-order valence-corrected chi connectivity index (χ2v) is 5.74. The number of hydrogen-bond donors (Lipinski definition) is 0. The van der Waals surface area contributed by atoms with Crippen LogP contribution >= 0.6 is 0 Å². The number of nitrogens with zero attached hydrogens (tertiary/aromatic N) is 2. The Bertz CT molecular complexity index is 552. The molecule has 21 heavy (non-hydrogen) atoms. The number of carbonyl (C=O) groups excluding carboxylic acids is 2. The summed E-state index contributed by atoms with van der Waals surface area (Å²) >= 11 is 0. The fourth-order valence-electron chi connectivity index (χ4n) is 3.08. The van der Waals surface area contributed by atoms with Crippen molar-refractivity contribution in [2.45, 2.75) is 39.0 Å². The number of rotatable bonds is 4. The van der Waals surface area contributed by atoms with E-state index in [-0.39, 0.29) is 18.4 Å². The van der Waals surface area contributed by atoms with Gasteiger partial charge in [-0.25, -0.2) is 4.79 Å². The maximum Gasteiger partial charge on any atom is 0.360 e. The molecule has 1 aromatic rings. The van der Waals surface area contributed by atoms with Crippen molar-refractivity contribution in [2.75, 3.05) is 19.7 Å². The number of likely N-dealkylation sites (tertiary alicyclic amines) is 1. The highest BCUT2D eigenvalue weighted by atomic mass is 16.5. The third-order valence-corrected chi connectivity index (χ3v) is 4.27. The second kappa shape index (κ2) is 5.87. The first-order chi connectivity index (χ1) is 10.2. The number of hydrogen-bond acceptors (Lipinski definition) is 5. The van der Waals surface area contributed by atoms with Crippen LogP contribution in [-0.2, 0) is 22.4 Å². The van der Waals surface area contributed by atoms with E-state index in [2.05, 4.69) is 5.16 Å². The zero-order chi connectivity index (χ0) is 14.8. The molecule has 0 bridgehead atoms. The van der Waals surface area contributed by atoms with Crippen molar-refractivity contribution in [3.63, 3.8) is 0 Å². The molecule has 2 aliphatic rings. The first kappa shape index (κ1) is 14.1. The second-order valence-electron chi connectivity index (χ2n) is 5.74. The average molecular weight is 292 g/mol. The summed E-state index contributed by atoms with van der Waals surface area (Å²) in [5.74, 6) is 0.618. The van der Waals surface area contributed by atoms with Gasteiger partial charge in [-0.1, -0.05) is 5.16 Å². The maximum atomic E-state index is 12.1. The Labute approximate surface area is 123 Å². The molecule has 1 atom stereocenters. The maximum absolute atomic E-state index is 12.1. The van der Waals surface area contributed by atoms with E-state index in [9.17, 15) is 9.59 Å². The zero-order valence-electron chi connectivity index (χ0n) is 12.3. The molecule has 0 radical (unpaired) electrons. The van der Waals surface area contributed by atoms with E-state index < -0.39 is 5.97 Å². The topological polar surface area (TPSA) is 72.6 Å². The molecule has 6 heteroatoms. The van der Waals surface area contributed by atoms with Gasteiger partial charge in [-0.15, -0.1) is 0 Å². The first-order valence-electron chi connectivity index (χ1n) is 7.61. The molecule has 1 saturated heterocycles. The molecule has 1 aromatic heterocycles. The van der Waals surface area contributed by atoms with Crippen LogP contribution < -0.4 is 0 Å². The Morgan fingerprint density at radius 3 is 3.00 bits per heavy atom. The van der Waals surface area contributed by atoms with Gasteiger partial charge in [0.1, 0.15) is 5.76 Å². The van der Waals surface area contributed by atoms with Gasteiger partial charge >= 0.3 is 5.97 Å². The molecule has 1 aliphatic heterocycles. The largest absolute Gasteiger partial charge is 0.460 e. The van der Waals surface area contributed by atoms with Gasteiger partial charge < -0.3 is 14.2 Å². The van der Waals surface area contributed by atoms with E-state index in [1.807, 2.05) is 6.92 Å². The molecule has 0 saturated carbocycles. The van der Waals surface area contributed by atoms with E-state index >= 15 is 0 Å². The quantitative estimate of drug-likeness (QED) is 0.788. The number of carbonyl (C=O) groups is 2. The number of amides is 1. The fraction of sp³-hybridized carbons (Fsp3) is 0.667. The highest BCUT2D eigenvalue weighted by Crippen LogP contribution is 2.25. The highest BCUT2D eigenvalue weighted by molar-refractivity contribution is 5.89. The Kier molecular flexibility index (Phi) is 3.94. The van der Waals surface area contributed by atoms with Crippen molar-refractivity contribution < 1.29 is 18.8 Å². The standard InChI is InChI=1S/C15H20N2O4/c1-2-17-8-10(7-13(17)18)9-20-15(19)14-11-5-3-4-6-12(11)21-16-14/h10H,2-9H2,1H3/t10-/m1/s1. The lowest BCUT2D eigenvalue weighted by Crippen LogP contribution is -2.25. The van der Waals surface area contributed by atoms with E-state index in [0.717, 1.165) is 37.0 Å². The summed E-state index contributed by atoms with van der Waals surface area (Å²) in [6.07, 6.45) is 4.26. The minimum Gasteiger partial charge on any atom is -0.460 e. The van der Waals surface area contributed by atoms with Gasteiger partial charge in [0.15, 0.2) is 5.69 Å². The minimum atomic E-state index is -0.427. The van der Waals surface area contributed by atoms with E-state index in [1.54, 1.807) is 4.90 Å². The summed E-state index contributed by atoms with van der Waals surface area (Å²) in [7, 11) is 0. The lowest BCUT2D eigenvalue weighted by atomic mass is 9.96. The molecule has 114 valence electrons. The molecule has 0 spiro atoms. The van der Waals surface area contributed by atoms with Gasteiger partial charge in [0.2, 0.25) is 5.91 Å². The monoisotopic (exact) mass is 292 g/mol. The predicted molar refractivity (Wildman–Crippen MR) is 73.8 cm³/mol. The SMILES string of the molecule is CCN1C[C@H](COC(=O)c2noc3c2CCCC3)CC1=O. The number of esters is 1. The van der Waals surface area contributed by atoms with Crippen LogP contribution in [0.2, 0.25) is 0 Å². The predicted octanol–water partition coefficient (Wildman–Crippen LogP) is 1.58. The molecule has 0 aromatic carbocycles. The molecular formula is C15H20N2O4. The molecule has 6 nitrogen and oxygen atoms in total. The van der Waals surface area contributed by atoms with Gasteiger partial charge in [0.25, 0.3) is 0 Å². The summed E-state index contributed by atoms with van der Waals surface area (Å²) in [4.78, 5) is 25.6. The Hall–Kier alpha value is -1.85. The Balaban J connectivity index is 1.58. The summed E-state index contributed by atoms with van der Waals surface area (Å²) < 4.78 is 10.6. The summed E-state index contributed by atoms with van der Waals surface area (Å²) in [5.41, 5.74) is 1.23. The minimum absolute atomic E-state index is 0.0872. The summed E-state index contributed by atoms with van der Waals surface area (Å²) in [6.45, 7) is 3.59. The van der Waals surface area contributed by atoms with Gasteiger partial charge in [-0.2, -0.15) is 0 Å². The van der Waals surface area contributed by atoms with Crippen LogP contribution in [0.25, 0.3) is 0 Å². The normalized spacial score (nSPS) is 21.5. The summed E-state index contributed by atoms with van der Waals surface area (Å²) in [6, 6.07) is 0. The molecule has 0 N–H and O–H groups in total. The number of aromatic nitrogens is 1. The fourth-order valence-corrected chi connectivity index (χ4v) is 3.08. The van der Waals surface area contributed by atoms with E-state index in [4.69, 9.17) is 9.26 Å². The molecule has 2 heterocycles. The smallest absolute Gasteiger partial charge is 0.360 e. The van der Waals surface area contributed by atoms with Crippen LogP contribution in [0, 0.1) is 5.92 Å². The molecule has 1 aliphatic carbocycles. The van der Waals surface area contributed by atoms with Crippen molar-refractivity contribution in [2.24, 2.45) is 5.92 Å². The lowest BCUT2D eigenvalue weighted by molar-refractivity contribution is -0.127. The van der Waals surface area contributed by atoms with Crippen LogP contribution in [0.15, 0.2) is 4.52 Å². The molecule has 0 unspecified atom stereocenters. The van der Waals surface area contributed by atoms with E-state index in [0.29, 0.717) is 25.2 Å². The van der Waals surface area contributed by atoms with Crippen LogP contribution in [0.4, 0.5) is 0 Å². The summed E-state index contributed by atoms with van der Waals surface area (Å²) in [5, 5.41) is 3.86. The van der Waals surface area contributed by atoms with Crippen LogP contribution in [0.5, 0.6) is 0 Å². The lowest BCUT2D eigenvalue weighted by Gasteiger charge is -2.13. The van der Waals surface area contributed by atoms with Crippen molar-refractivity contribution in [3.05, 3.63) is 17.0 Å². The Morgan fingerprint density at radius 2 is 2.24 bits per heavy atom. The number of fused-ring (bicyclic) bond motifs is 1. The van der Waals surface area contributed by atoms with Crippen molar-refractivity contribution in [3.8, 4) is 0 Å². The average Bonchev–Trinajstić information content (AvgIpc) is 3.08. The Morgan fingerprint density at radius 1 is 1.43 bits per heavy atom. The number of ether oxygens (including phenoxy) is 1. The van der Waals surface area contributed by atoms with Gasteiger partial charge in [0.05, 0.1) is 6.61 Å². The van der Waals surface area contributed by atoms with Crippen LogP contribution in [-0.4, -0.2) is 41.6 Å². The molecule has 1 amide bonds. The van der Waals surface area contributed by atoms with Gasteiger partial charge in [-0.05, 0) is 26.2 Å². The van der Waals surface area contributed by atoms with Gasteiger partial charge in [0, 0.05) is 37.4 Å². The van der Waals surface area contributed by atoms with Gasteiger partial charge in [-0.3, -0.25) is 4.79 Å². The van der Waals surface area contributed by atoms with Crippen LogP contribution in [0.1, 0.15) is 48.0 Å². The molecule has 3 rings (SSSR count). The highest BCUT2D eigenvalue weighted by Gasteiger charge is 2.30. The molecule has 1 fully saturated rings. The first-order valence-corrected chi connectivity index (χ1v) is 7.61. The molecular weight excluding hydrogens is 272 g/mol. The van der Waals surface area contributed by atoms with Crippen molar-refractivity contribution in [1.29, 1.82) is 0 Å². The van der Waals surface area contributed by atoms with E-state index in [1.165, 1.54) is 0 Å². The third-order valence-electron chi connectivity index (χ3n) is 4.27. The van der Waals surface area contributed by atoms with Crippen molar-refractivity contribution in [1.82, 2.24) is 10.1 Å². The zero-order valence-corrected chi connectivity index (χ0v) is 12.3. The third kappa shape index (κ3) is 2.80.